The Kier molecular flexibility index (Phi) is 4.25. The van der Waals surface area contributed by atoms with Gasteiger partial charge in [-0.1, -0.05) is 42.5 Å². The van der Waals surface area contributed by atoms with E-state index in [1.165, 1.54) is 12.1 Å². The van der Waals surface area contributed by atoms with Crippen LogP contribution in [0.5, 0.6) is 0 Å². The molecule has 0 aliphatic carbocycles. The Morgan fingerprint density at radius 2 is 1.30 bits per heavy atom. The summed E-state index contributed by atoms with van der Waals surface area (Å²) in [5.74, 6) is -0.806. The lowest BCUT2D eigenvalue weighted by molar-refractivity contribution is 0.0657. The topological polar surface area (TPSA) is 83.6 Å². The van der Waals surface area contributed by atoms with Crippen LogP contribution in [-0.2, 0) is 10.0 Å². The van der Waals surface area contributed by atoms with Crippen LogP contribution < -0.4 is 4.72 Å². The highest BCUT2D eigenvalue weighted by atomic mass is 32.2. The second-order valence-electron chi connectivity index (χ2n) is 6.22. The van der Waals surface area contributed by atoms with E-state index >= 15 is 0 Å². The standard InChI is InChI=1S/C20H16N2O4S/c23-19-17-12-14-6-4-5-7-15(14)13-18(17)20(24)22(19)11-10-21-27(25,26)16-8-2-1-3-9-16/h1-9,12-13,21H,10-11H2. The number of hydrogen-bond donors (Lipinski definition) is 1. The number of benzene rings is 3. The monoisotopic (exact) mass is 380 g/mol. The van der Waals surface area contributed by atoms with Crippen LogP contribution >= 0.6 is 0 Å². The van der Waals surface area contributed by atoms with Crippen LogP contribution in [0, 0.1) is 0 Å². The van der Waals surface area contributed by atoms with Crippen LogP contribution in [0.15, 0.2) is 71.6 Å². The van der Waals surface area contributed by atoms with Gasteiger partial charge >= 0.3 is 0 Å². The van der Waals surface area contributed by atoms with Crippen molar-refractivity contribution >= 4 is 32.6 Å². The number of nitrogens with zero attached hydrogens (tertiary/aromatic N) is 1. The number of carbonyl (C=O) groups excluding carboxylic acids is 2. The fraction of sp³-hybridized carbons (Fsp3) is 0.100. The van der Waals surface area contributed by atoms with E-state index in [9.17, 15) is 18.0 Å². The van der Waals surface area contributed by atoms with E-state index in [2.05, 4.69) is 4.72 Å². The molecule has 136 valence electrons. The number of rotatable bonds is 5. The molecule has 3 aromatic carbocycles. The third-order valence-electron chi connectivity index (χ3n) is 4.52. The molecule has 1 N–H and O–H groups in total. The molecule has 0 atom stereocenters. The summed E-state index contributed by atoms with van der Waals surface area (Å²) in [7, 11) is -3.68. The van der Waals surface area contributed by atoms with Crippen molar-refractivity contribution in [3.63, 3.8) is 0 Å². The predicted molar refractivity (Wildman–Crippen MR) is 101 cm³/mol. The maximum Gasteiger partial charge on any atom is 0.261 e. The molecule has 0 unspecified atom stereocenters. The second-order valence-corrected chi connectivity index (χ2v) is 7.98. The van der Waals surface area contributed by atoms with Crippen LogP contribution in [0.25, 0.3) is 10.8 Å². The van der Waals surface area contributed by atoms with Crippen molar-refractivity contribution in [2.75, 3.05) is 13.1 Å². The van der Waals surface area contributed by atoms with Crippen LogP contribution in [-0.4, -0.2) is 38.2 Å². The summed E-state index contributed by atoms with van der Waals surface area (Å²) in [6, 6.07) is 18.9. The lowest BCUT2D eigenvalue weighted by Crippen LogP contribution is -2.38. The summed E-state index contributed by atoms with van der Waals surface area (Å²) >= 11 is 0. The van der Waals surface area contributed by atoms with Gasteiger partial charge in [-0.15, -0.1) is 0 Å². The molecule has 7 heteroatoms. The largest absolute Gasteiger partial charge is 0.273 e. The minimum atomic E-state index is -3.68. The van der Waals surface area contributed by atoms with Gasteiger partial charge in [-0.25, -0.2) is 13.1 Å². The summed E-state index contributed by atoms with van der Waals surface area (Å²) in [4.78, 5) is 26.4. The third kappa shape index (κ3) is 3.11. The van der Waals surface area contributed by atoms with E-state index in [1.807, 2.05) is 24.3 Å². The molecule has 0 saturated heterocycles. The zero-order valence-electron chi connectivity index (χ0n) is 14.3. The van der Waals surface area contributed by atoms with Gasteiger partial charge in [0.2, 0.25) is 10.0 Å². The van der Waals surface area contributed by atoms with Gasteiger partial charge in [0, 0.05) is 13.1 Å². The zero-order chi connectivity index (χ0) is 19.0. The van der Waals surface area contributed by atoms with E-state index in [-0.39, 0.29) is 18.0 Å². The molecule has 0 bridgehead atoms. The molecular formula is C20H16N2O4S. The molecule has 3 aromatic rings. The molecule has 4 rings (SSSR count). The molecule has 0 radical (unpaired) electrons. The Hall–Kier alpha value is -3.03. The van der Waals surface area contributed by atoms with E-state index in [0.717, 1.165) is 15.7 Å². The van der Waals surface area contributed by atoms with Gasteiger partial charge in [0.1, 0.15) is 0 Å². The van der Waals surface area contributed by atoms with E-state index in [1.54, 1.807) is 30.3 Å². The Balaban J connectivity index is 1.51. The second kappa shape index (κ2) is 6.61. The van der Waals surface area contributed by atoms with Gasteiger partial charge in [-0.05, 0) is 35.0 Å². The van der Waals surface area contributed by atoms with Crippen molar-refractivity contribution in [1.82, 2.24) is 9.62 Å². The van der Waals surface area contributed by atoms with Crippen molar-refractivity contribution in [3.8, 4) is 0 Å². The van der Waals surface area contributed by atoms with Gasteiger partial charge in [-0.2, -0.15) is 0 Å². The van der Waals surface area contributed by atoms with Crippen molar-refractivity contribution in [2.24, 2.45) is 0 Å². The predicted octanol–water partition coefficient (Wildman–Crippen LogP) is 2.41. The highest BCUT2D eigenvalue weighted by molar-refractivity contribution is 7.89. The lowest BCUT2D eigenvalue weighted by atomic mass is 10.0. The average molecular weight is 380 g/mol. The first kappa shape index (κ1) is 17.4. The molecule has 0 spiro atoms. The minimum absolute atomic E-state index is 0.0330. The number of fused-ring (bicyclic) bond motifs is 2. The molecule has 0 aromatic heterocycles. The van der Waals surface area contributed by atoms with E-state index in [0.29, 0.717) is 11.1 Å². The van der Waals surface area contributed by atoms with Gasteiger partial charge in [-0.3, -0.25) is 14.5 Å². The number of amides is 2. The fourth-order valence-corrected chi connectivity index (χ4v) is 4.20. The summed E-state index contributed by atoms with van der Waals surface area (Å²) in [5.41, 5.74) is 0.703. The molecule has 1 aliphatic rings. The average Bonchev–Trinajstić information content (AvgIpc) is 2.91. The summed E-state index contributed by atoms with van der Waals surface area (Å²) < 4.78 is 26.9. The lowest BCUT2D eigenvalue weighted by Gasteiger charge is -2.14. The molecule has 0 fully saturated rings. The Morgan fingerprint density at radius 1 is 0.778 bits per heavy atom. The van der Waals surface area contributed by atoms with E-state index in [4.69, 9.17) is 0 Å². The highest BCUT2D eigenvalue weighted by Crippen LogP contribution is 2.27. The van der Waals surface area contributed by atoms with Gasteiger partial charge in [0.15, 0.2) is 0 Å². The van der Waals surface area contributed by atoms with Gasteiger partial charge in [0.05, 0.1) is 16.0 Å². The normalized spacial score (nSPS) is 14.0. The molecule has 1 heterocycles. The highest BCUT2D eigenvalue weighted by Gasteiger charge is 2.35. The van der Waals surface area contributed by atoms with Crippen LogP contribution in [0.4, 0.5) is 0 Å². The molecule has 27 heavy (non-hydrogen) atoms. The zero-order valence-corrected chi connectivity index (χ0v) is 15.1. The number of carbonyl (C=O) groups is 2. The van der Waals surface area contributed by atoms with Crippen molar-refractivity contribution in [1.29, 1.82) is 0 Å². The summed E-state index contributed by atoms with van der Waals surface area (Å²) in [5, 5.41) is 1.76. The van der Waals surface area contributed by atoms with Gasteiger partial charge < -0.3 is 0 Å². The van der Waals surface area contributed by atoms with E-state index < -0.39 is 21.8 Å². The molecule has 0 saturated carbocycles. The number of hydrogen-bond acceptors (Lipinski definition) is 4. The van der Waals surface area contributed by atoms with Crippen LogP contribution in [0.1, 0.15) is 20.7 Å². The quantitative estimate of drug-likeness (QED) is 0.689. The Bertz CT molecular complexity index is 1100. The van der Waals surface area contributed by atoms with Crippen LogP contribution in [0.3, 0.4) is 0 Å². The van der Waals surface area contributed by atoms with Crippen LogP contribution in [0.2, 0.25) is 0 Å². The third-order valence-corrected chi connectivity index (χ3v) is 5.99. The Morgan fingerprint density at radius 3 is 1.85 bits per heavy atom. The molecule has 2 amide bonds. The fourth-order valence-electron chi connectivity index (χ4n) is 3.16. The minimum Gasteiger partial charge on any atom is -0.273 e. The summed E-state index contributed by atoms with van der Waals surface area (Å²) in [6.45, 7) is -0.0863. The maximum atomic E-state index is 12.6. The van der Waals surface area contributed by atoms with Crippen molar-refractivity contribution < 1.29 is 18.0 Å². The maximum absolute atomic E-state index is 12.6. The van der Waals surface area contributed by atoms with Crippen molar-refractivity contribution in [3.05, 3.63) is 77.9 Å². The smallest absolute Gasteiger partial charge is 0.261 e. The molecular weight excluding hydrogens is 364 g/mol. The number of nitrogens with one attached hydrogen (secondary N) is 1. The first-order valence-electron chi connectivity index (χ1n) is 8.41. The summed E-state index contributed by atoms with van der Waals surface area (Å²) in [6.07, 6.45) is 0. The Labute approximate surface area is 156 Å². The number of imide groups is 1. The molecule has 1 aliphatic heterocycles. The number of sulfonamides is 1. The first-order chi connectivity index (χ1) is 13.0. The molecule has 6 nitrogen and oxygen atoms in total. The van der Waals surface area contributed by atoms with Crippen molar-refractivity contribution in [2.45, 2.75) is 4.90 Å². The SMILES string of the molecule is O=C1c2cc3ccccc3cc2C(=O)N1CCNS(=O)(=O)c1ccccc1. The van der Waals surface area contributed by atoms with Gasteiger partial charge in [0.25, 0.3) is 11.8 Å². The first-order valence-corrected chi connectivity index (χ1v) is 9.89.